The van der Waals surface area contributed by atoms with E-state index in [0.717, 1.165) is 133 Å². The summed E-state index contributed by atoms with van der Waals surface area (Å²) < 4.78 is 4.03. The minimum Gasteiger partial charge on any atom is -0.368 e. The first kappa shape index (κ1) is 69.7. The number of guanidine groups is 1. The maximum Gasteiger partial charge on any atom is 0.221 e. The zero-order chi connectivity index (χ0) is 68.8. The molecule has 0 fully saturated rings. The summed E-state index contributed by atoms with van der Waals surface area (Å²) >= 11 is 0. The van der Waals surface area contributed by atoms with Crippen molar-refractivity contribution >= 4 is 61.0 Å². The van der Waals surface area contributed by atoms with E-state index >= 15 is 0 Å². The number of aryl methyl sites for hydroxylation is 3. The molecule has 1 heterocycles. The van der Waals surface area contributed by atoms with E-state index in [1.165, 1.54) is 57.1 Å². The Morgan fingerprint density at radius 3 is 1.41 bits per heavy atom. The third-order valence-corrected chi connectivity index (χ3v) is 21.2. The molecule has 6 aliphatic carbocycles. The molecule has 0 radical (unpaired) electrons. The van der Waals surface area contributed by atoms with Gasteiger partial charge in [0.25, 0.3) is 0 Å². The van der Waals surface area contributed by atoms with E-state index in [1.807, 2.05) is 85.9 Å². The fourth-order valence-electron chi connectivity index (χ4n) is 15.8. The van der Waals surface area contributed by atoms with Crippen LogP contribution in [0, 0.1) is 42.5 Å². The molecule has 16 rings (SSSR count). The Kier molecular flexibility index (Phi) is 20.6. The summed E-state index contributed by atoms with van der Waals surface area (Å²) in [7, 11) is 2.06. The van der Waals surface area contributed by atoms with Gasteiger partial charge in [-0.25, -0.2) is 34.9 Å². The van der Waals surface area contributed by atoms with Gasteiger partial charge in [0.1, 0.15) is 5.71 Å². The normalized spacial score (nSPS) is 20.7. The second-order valence-corrected chi connectivity index (χ2v) is 32.1. The van der Waals surface area contributed by atoms with Gasteiger partial charge in [0.2, 0.25) is 11.7 Å². The quantitative estimate of drug-likeness (QED) is 0.0693. The van der Waals surface area contributed by atoms with Crippen molar-refractivity contribution in [1.82, 2.24) is 10.5 Å². The number of halogens is 1. The van der Waals surface area contributed by atoms with Crippen LogP contribution in [0.15, 0.2) is 222 Å². The van der Waals surface area contributed by atoms with Crippen LogP contribution in [0.2, 0.25) is 19.6 Å². The van der Waals surface area contributed by atoms with Crippen molar-refractivity contribution in [2.24, 2.45) is 36.7 Å². The molecule has 9 aromatic carbocycles. The highest BCUT2D eigenvalue weighted by atomic mass is 35.5. The zero-order valence-electron chi connectivity index (χ0n) is 56.6. The summed E-state index contributed by atoms with van der Waals surface area (Å²) in [6.45, 7) is 39.1. The summed E-state index contributed by atoms with van der Waals surface area (Å²) in [5.74, 6) is 3.26. The van der Waals surface area contributed by atoms with Gasteiger partial charge in [-0.1, -0.05) is 164 Å². The molecule has 1 aliphatic heterocycles. The number of ketones is 1. The number of rotatable bonds is 4. The third-order valence-electron chi connectivity index (χ3n) is 20.4. The van der Waals surface area contributed by atoms with E-state index in [1.54, 1.807) is 10.5 Å². The van der Waals surface area contributed by atoms with E-state index in [0.29, 0.717) is 28.8 Å². The van der Waals surface area contributed by atoms with Crippen LogP contribution in [-0.2, 0) is 68.3 Å². The first-order valence-electron chi connectivity index (χ1n) is 33.3. The molecule has 99 heavy (non-hydrogen) atoms. The predicted octanol–water partition coefficient (Wildman–Crippen LogP) is 18.8. The number of hydroxylamine groups is 3. The average Bonchev–Trinajstić information content (AvgIpc) is 1.52. The van der Waals surface area contributed by atoms with Crippen molar-refractivity contribution < 1.29 is 14.8 Å². The van der Waals surface area contributed by atoms with Crippen LogP contribution in [0.3, 0.4) is 0 Å². The second-order valence-electron chi connectivity index (χ2n) is 27.6. The number of Topliss-reactive ketones (excluding diaryl/α,β-unsaturated/α-hetero) is 1. The number of nitrogens with zero attached hydrogens (tertiary/aromatic N) is 8. The van der Waals surface area contributed by atoms with Gasteiger partial charge in [-0.3, -0.25) is 9.45 Å². The van der Waals surface area contributed by atoms with E-state index in [4.69, 9.17) is 47.1 Å². The first-order chi connectivity index (χ1) is 47.4. The smallest absolute Gasteiger partial charge is 0.221 e. The molecule has 4 unspecified atom stereocenters. The van der Waals surface area contributed by atoms with Crippen molar-refractivity contribution in [1.29, 1.82) is 0 Å². The van der Waals surface area contributed by atoms with Gasteiger partial charge in [-0.05, 0) is 229 Å². The number of carbonyl (C=O) groups excluding carboxylic acids is 1. The molecule has 0 saturated heterocycles. The maximum atomic E-state index is 13.4. The van der Waals surface area contributed by atoms with Gasteiger partial charge in [0, 0.05) is 47.0 Å². The third kappa shape index (κ3) is 14.0. The van der Waals surface area contributed by atoms with Crippen molar-refractivity contribution in [3.05, 3.63) is 319 Å². The standard InChI is InChI=1S/C27H24N4O.C26H19N3.C25H19NO.C5H11NSi.CH5NO.ClH/c1-29-23-9-5-8-19(14-23)20-10-11-22-17-26(13-12-18-6-3-4-7-21(18)16-26)27(24(22)15-20)30-25(28)31(2)32-27;1-27-23-9-5-8-19(14-23)20-10-11-22-17-26(25(29-28-2)24(22)15-20)13-12-18-6-3-4-7-21(18)16-26;1-26-22-8-4-7-18(13-22)19-9-10-21-16-25(24(27)23(21)14-19)12-11-17-5-2-3-6-20(17)15-25;1-5-6-7(2,3)4;1-2-3;/h3-11,14-15H,12-13,16-17H2,2H3,(H2,28,30);3-11,14-15H,12-13,16-17H2;2-10,13-14H,11-12,15-16H2;1H2,2-4H3;2-3H,1H3;1H/b;29-25+;;;;. The Morgan fingerprint density at radius 2 is 0.949 bits per heavy atom. The van der Waals surface area contributed by atoms with Gasteiger partial charge < -0.3 is 10.9 Å². The van der Waals surface area contributed by atoms with Crippen molar-refractivity contribution in [2.45, 2.75) is 102 Å². The summed E-state index contributed by atoms with van der Waals surface area (Å²) in [4.78, 5) is 39.1. The lowest BCUT2D eigenvalue weighted by atomic mass is 9.65. The van der Waals surface area contributed by atoms with Crippen LogP contribution >= 0.6 is 12.4 Å². The molecular weight excluding hydrogens is 1260 g/mol. The number of hydrogen-bond acceptors (Lipinski definition) is 9. The number of aliphatic imine (C=N–C) groups is 1. The minimum atomic E-state index is -1.21. The van der Waals surface area contributed by atoms with Gasteiger partial charge in [0.05, 0.1) is 24.8 Å². The SMILES string of the molecule is C=C=N[Si](C)(C)C.CNO.Cl.[C-]#[N+]/N=C1\c2cc(-c3cccc([N+]#[C-])c3)ccc2CC12CCc1ccccc1C2.[C-]#[N+]c1cccc(-c2ccc3c(c2)C(=O)C2(CCc4ccccc4C2)C3)c1.[C-]#[N+]c1cccc(-c2ccc3c(c2)C2(N=C(N)N(C)O2)C2(CCc4ccccc4C2)C3)c1. The lowest BCUT2D eigenvalue weighted by molar-refractivity contribution is -0.224. The van der Waals surface area contributed by atoms with Crippen molar-refractivity contribution in [3.63, 3.8) is 0 Å². The van der Waals surface area contributed by atoms with Crippen molar-refractivity contribution in [3.8, 4) is 33.4 Å². The largest absolute Gasteiger partial charge is 0.368 e. The van der Waals surface area contributed by atoms with Crippen LogP contribution in [0.25, 0.3) is 52.9 Å². The highest BCUT2D eigenvalue weighted by molar-refractivity contribution is 6.75. The molecule has 15 heteroatoms. The fourth-order valence-corrected chi connectivity index (χ4v) is 16.3. The van der Waals surface area contributed by atoms with Gasteiger partial charge >= 0.3 is 0 Å². The molecule has 7 aliphatic rings. The van der Waals surface area contributed by atoms with Gasteiger partial charge in [-0.2, -0.15) is 6.57 Å². The van der Waals surface area contributed by atoms with Crippen LogP contribution in [0.1, 0.15) is 90.8 Å². The van der Waals surface area contributed by atoms with E-state index in [-0.39, 0.29) is 28.7 Å². The molecule has 0 amide bonds. The van der Waals surface area contributed by atoms with Crippen LogP contribution < -0.4 is 11.2 Å². The Bertz CT molecular complexity index is 4910. The molecule has 0 aromatic heterocycles. The molecule has 9 aromatic rings. The molecule has 4 spiro atoms. The van der Waals surface area contributed by atoms with E-state index in [2.05, 4.69) is 183 Å². The number of nitrogens with two attached hydrogens (primary N) is 1. The molecular formula is C84H79ClN10O3Si. The number of nitrogens with one attached hydrogen (secondary N) is 1. The van der Waals surface area contributed by atoms with Crippen LogP contribution in [0.4, 0.5) is 17.1 Å². The monoisotopic (exact) mass is 1340 g/mol. The first-order valence-corrected chi connectivity index (χ1v) is 36.7. The minimum absolute atomic E-state index is 0. The highest BCUT2D eigenvalue weighted by Crippen LogP contribution is 2.61. The number of hydrogen-bond donors (Lipinski definition) is 3. The topological polar surface area (TPSA) is 142 Å². The van der Waals surface area contributed by atoms with Gasteiger partial charge in [0.15, 0.2) is 31.1 Å². The number of benzene rings is 9. The number of fused-ring (bicyclic) bond motifs is 8. The molecule has 0 saturated carbocycles. The van der Waals surface area contributed by atoms with Gasteiger partial charge in [-0.15, -0.1) is 17.4 Å². The predicted molar refractivity (Wildman–Crippen MR) is 402 cm³/mol. The van der Waals surface area contributed by atoms with E-state index in [9.17, 15) is 4.79 Å². The lowest BCUT2D eigenvalue weighted by Gasteiger charge is -2.44. The summed E-state index contributed by atoms with van der Waals surface area (Å²) in [6, 6.07) is 68.2. The molecule has 4 N–H and O–H groups in total. The van der Waals surface area contributed by atoms with E-state index < -0.39 is 14.0 Å². The Morgan fingerprint density at radius 1 is 0.545 bits per heavy atom. The maximum absolute atomic E-state index is 13.4. The molecule has 13 nitrogen and oxygen atoms in total. The molecule has 4 atom stereocenters. The second kappa shape index (κ2) is 29.2. The summed E-state index contributed by atoms with van der Waals surface area (Å²) in [5, 5.41) is 13.3. The molecule has 494 valence electrons. The Labute approximate surface area is 588 Å². The number of carbonyl (C=O) groups is 1. The fraction of sp³-hybridized carbons (Fsp3) is 0.250. The van der Waals surface area contributed by atoms with Crippen LogP contribution in [0.5, 0.6) is 0 Å². The summed E-state index contributed by atoms with van der Waals surface area (Å²) in [6.07, 6.45) is 11.3. The summed E-state index contributed by atoms with van der Waals surface area (Å²) in [5.41, 5.74) is 30.8. The average molecular weight is 1340 g/mol. The van der Waals surface area contributed by atoms with Crippen LogP contribution in [-0.4, -0.2) is 55.9 Å². The zero-order valence-corrected chi connectivity index (χ0v) is 58.4. The Hall–Kier alpha value is -10.6. The Balaban J connectivity index is 0.000000140. The highest BCUT2D eigenvalue weighted by Gasteiger charge is 2.63. The molecule has 0 bridgehead atoms. The lowest BCUT2D eigenvalue weighted by Crippen LogP contribution is -2.47. The van der Waals surface area contributed by atoms with Crippen molar-refractivity contribution in [2.75, 3.05) is 14.1 Å².